The molecule has 2 nitrogen and oxygen atoms in total. The number of nitrogens with two attached hydrogens (primary N) is 1. The quantitative estimate of drug-likeness (QED) is 0.619. The molecule has 0 saturated heterocycles. The van der Waals surface area contributed by atoms with Crippen LogP contribution in [0.3, 0.4) is 0 Å². The average molecular weight is 200 g/mol. The number of hydrogen-bond donors (Lipinski definition) is 1. The fourth-order valence-electron chi connectivity index (χ4n) is 1.98. The Morgan fingerprint density at radius 3 is 1.93 bits per heavy atom. The predicted molar refractivity (Wildman–Crippen MR) is 64.5 cm³/mol. The van der Waals surface area contributed by atoms with E-state index in [0.29, 0.717) is 5.92 Å². The van der Waals surface area contributed by atoms with Crippen LogP contribution in [0.1, 0.15) is 46.5 Å². The van der Waals surface area contributed by atoms with Crippen molar-refractivity contribution < 1.29 is 0 Å². The molecule has 0 saturated carbocycles. The predicted octanol–water partition coefficient (Wildman–Crippen LogP) is 2.48. The number of hydrogen-bond acceptors (Lipinski definition) is 2. The lowest BCUT2D eigenvalue weighted by atomic mass is 10.0. The van der Waals surface area contributed by atoms with Gasteiger partial charge in [-0.3, -0.25) is 0 Å². The highest BCUT2D eigenvalue weighted by molar-refractivity contribution is 4.66. The zero-order valence-corrected chi connectivity index (χ0v) is 10.3. The molecular weight excluding hydrogens is 172 g/mol. The third-order valence-electron chi connectivity index (χ3n) is 2.63. The van der Waals surface area contributed by atoms with Crippen LogP contribution < -0.4 is 5.73 Å². The molecular formula is C12H28N2. The Bertz CT molecular complexity index is 109. The fourth-order valence-corrected chi connectivity index (χ4v) is 1.98. The normalized spacial score (nSPS) is 13.5. The summed E-state index contributed by atoms with van der Waals surface area (Å²) < 4.78 is 0. The van der Waals surface area contributed by atoms with Crippen LogP contribution in [0, 0.1) is 5.92 Å². The maximum Gasteiger partial charge on any atom is 0.00217 e. The SMILES string of the molecule is CCCC(CN)CN(CCC)CCC. The number of rotatable bonds is 9. The summed E-state index contributed by atoms with van der Waals surface area (Å²) in [7, 11) is 0. The molecule has 0 rings (SSSR count). The van der Waals surface area contributed by atoms with Crippen molar-refractivity contribution >= 4 is 0 Å². The Balaban J connectivity index is 3.83. The van der Waals surface area contributed by atoms with Crippen LogP contribution in [0.25, 0.3) is 0 Å². The summed E-state index contributed by atoms with van der Waals surface area (Å²) in [6.07, 6.45) is 5.04. The van der Waals surface area contributed by atoms with Gasteiger partial charge in [0.1, 0.15) is 0 Å². The van der Waals surface area contributed by atoms with Gasteiger partial charge in [-0.1, -0.05) is 27.2 Å². The second-order valence-corrected chi connectivity index (χ2v) is 4.19. The van der Waals surface area contributed by atoms with E-state index in [4.69, 9.17) is 5.73 Å². The van der Waals surface area contributed by atoms with Crippen LogP contribution in [0.15, 0.2) is 0 Å². The summed E-state index contributed by atoms with van der Waals surface area (Å²) >= 11 is 0. The first kappa shape index (κ1) is 13.9. The molecule has 86 valence electrons. The first-order valence-corrected chi connectivity index (χ1v) is 6.20. The van der Waals surface area contributed by atoms with E-state index in [1.54, 1.807) is 0 Å². The molecule has 0 aliphatic heterocycles. The van der Waals surface area contributed by atoms with Crippen molar-refractivity contribution in [1.29, 1.82) is 0 Å². The van der Waals surface area contributed by atoms with Gasteiger partial charge in [-0.05, 0) is 44.8 Å². The zero-order chi connectivity index (χ0) is 10.8. The molecule has 0 aromatic carbocycles. The first-order valence-electron chi connectivity index (χ1n) is 6.20. The van der Waals surface area contributed by atoms with E-state index < -0.39 is 0 Å². The Kier molecular flexibility index (Phi) is 9.42. The molecule has 0 aromatic heterocycles. The van der Waals surface area contributed by atoms with Gasteiger partial charge in [-0.2, -0.15) is 0 Å². The van der Waals surface area contributed by atoms with Crippen molar-refractivity contribution in [2.45, 2.75) is 46.5 Å². The average Bonchev–Trinajstić information content (AvgIpc) is 2.18. The van der Waals surface area contributed by atoms with Crippen LogP contribution in [0.4, 0.5) is 0 Å². The van der Waals surface area contributed by atoms with Crippen molar-refractivity contribution in [3.05, 3.63) is 0 Å². The van der Waals surface area contributed by atoms with Gasteiger partial charge < -0.3 is 10.6 Å². The molecule has 0 aliphatic carbocycles. The smallest absolute Gasteiger partial charge is 0.00217 e. The second-order valence-electron chi connectivity index (χ2n) is 4.19. The van der Waals surface area contributed by atoms with E-state index in [-0.39, 0.29) is 0 Å². The van der Waals surface area contributed by atoms with Crippen LogP contribution in [-0.2, 0) is 0 Å². The Labute approximate surface area is 89.9 Å². The van der Waals surface area contributed by atoms with Gasteiger partial charge in [-0.25, -0.2) is 0 Å². The molecule has 1 unspecified atom stereocenters. The highest BCUT2D eigenvalue weighted by Crippen LogP contribution is 2.08. The lowest BCUT2D eigenvalue weighted by molar-refractivity contribution is 0.226. The minimum Gasteiger partial charge on any atom is -0.330 e. The third kappa shape index (κ3) is 6.39. The highest BCUT2D eigenvalue weighted by Gasteiger charge is 2.10. The van der Waals surface area contributed by atoms with Crippen molar-refractivity contribution in [1.82, 2.24) is 4.90 Å². The van der Waals surface area contributed by atoms with Gasteiger partial charge in [0.15, 0.2) is 0 Å². The Hall–Kier alpha value is -0.0800. The highest BCUT2D eigenvalue weighted by atomic mass is 15.1. The fraction of sp³-hybridized carbons (Fsp3) is 1.00. The molecule has 2 N–H and O–H groups in total. The zero-order valence-electron chi connectivity index (χ0n) is 10.3. The second kappa shape index (κ2) is 9.47. The molecule has 0 aromatic rings. The van der Waals surface area contributed by atoms with Crippen LogP contribution in [0.2, 0.25) is 0 Å². The molecule has 0 aliphatic rings. The van der Waals surface area contributed by atoms with Gasteiger partial charge in [0.05, 0.1) is 0 Å². The molecule has 14 heavy (non-hydrogen) atoms. The third-order valence-corrected chi connectivity index (χ3v) is 2.63. The van der Waals surface area contributed by atoms with Crippen LogP contribution in [0.5, 0.6) is 0 Å². The molecule has 0 radical (unpaired) electrons. The summed E-state index contributed by atoms with van der Waals surface area (Å²) in [5.41, 5.74) is 5.77. The summed E-state index contributed by atoms with van der Waals surface area (Å²) in [6.45, 7) is 11.2. The van der Waals surface area contributed by atoms with E-state index in [2.05, 4.69) is 25.7 Å². The summed E-state index contributed by atoms with van der Waals surface area (Å²) in [6, 6.07) is 0. The van der Waals surface area contributed by atoms with Gasteiger partial charge in [0, 0.05) is 6.54 Å². The van der Waals surface area contributed by atoms with E-state index in [1.807, 2.05) is 0 Å². The molecule has 0 fully saturated rings. The molecule has 0 spiro atoms. The minimum atomic E-state index is 0.707. The Morgan fingerprint density at radius 2 is 1.57 bits per heavy atom. The van der Waals surface area contributed by atoms with Crippen LogP contribution >= 0.6 is 0 Å². The summed E-state index contributed by atoms with van der Waals surface area (Å²) in [4.78, 5) is 2.56. The van der Waals surface area contributed by atoms with Crippen molar-refractivity contribution in [3.63, 3.8) is 0 Å². The molecule has 1 atom stereocenters. The van der Waals surface area contributed by atoms with E-state index in [1.165, 1.54) is 45.3 Å². The lowest BCUT2D eigenvalue weighted by Gasteiger charge is -2.25. The maximum atomic E-state index is 5.77. The minimum absolute atomic E-state index is 0.707. The monoisotopic (exact) mass is 200 g/mol. The largest absolute Gasteiger partial charge is 0.330 e. The van der Waals surface area contributed by atoms with Gasteiger partial charge in [0.2, 0.25) is 0 Å². The van der Waals surface area contributed by atoms with Crippen molar-refractivity contribution in [3.8, 4) is 0 Å². The van der Waals surface area contributed by atoms with Gasteiger partial charge >= 0.3 is 0 Å². The van der Waals surface area contributed by atoms with E-state index in [9.17, 15) is 0 Å². The van der Waals surface area contributed by atoms with Crippen LogP contribution in [-0.4, -0.2) is 31.1 Å². The molecule has 2 heteroatoms. The summed E-state index contributed by atoms with van der Waals surface area (Å²) in [5.74, 6) is 0.707. The van der Waals surface area contributed by atoms with Gasteiger partial charge in [-0.15, -0.1) is 0 Å². The lowest BCUT2D eigenvalue weighted by Crippen LogP contribution is -2.34. The number of nitrogens with zero attached hydrogens (tertiary/aromatic N) is 1. The molecule has 0 heterocycles. The van der Waals surface area contributed by atoms with E-state index >= 15 is 0 Å². The maximum absolute atomic E-state index is 5.77. The topological polar surface area (TPSA) is 29.3 Å². The summed E-state index contributed by atoms with van der Waals surface area (Å²) in [5, 5.41) is 0. The van der Waals surface area contributed by atoms with Crippen molar-refractivity contribution in [2.75, 3.05) is 26.2 Å². The first-order chi connectivity index (χ1) is 6.78. The Morgan fingerprint density at radius 1 is 1.00 bits per heavy atom. The molecule has 0 bridgehead atoms. The molecule has 0 amide bonds. The van der Waals surface area contributed by atoms with Crippen molar-refractivity contribution in [2.24, 2.45) is 11.7 Å². The van der Waals surface area contributed by atoms with E-state index in [0.717, 1.165) is 6.54 Å². The van der Waals surface area contributed by atoms with Gasteiger partial charge in [0.25, 0.3) is 0 Å². The standard InChI is InChI=1S/C12H28N2/c1-4-7-12(10-13)11-14(8-5-2)9-6-3/h12H,4-11,13H2,1-3H3.